The molecule has 0 fully saturated rings. The summed E-state index contributed by atoms with van der Waals surface area (Å²) in [7, 11) is 0. The number of hydrogen-bond acceptors (Lipinski definition) is 4. The van der Waals surface area contributed by atoms with Crippen LogP contribution in [0.4, 0.5) is 5.69 Å². The van der Waals surface area contributed by atoms with Crippen molar-refractivity contribution in [2.75, 3.05) is 13.2 Å². The summed E-state index contributed by atoms with van der Waals surface area (Å²) in [6.45, 7) is 4.38. The first kappa shape index (κ1) is 12.6. The van der Waals surface area contributed by atoms with E-state index >= 15 is 0 Å². The number of halogens is 1. The fraction of sp³-hybridized carbons (Fsp3) is 0.400. The summed E-state index contributed by atoms with van der Waals surface area (Å²) in [5.41, 5.74) is -0.114. The largest absolute Gasteiger partial charge is 0.490 e. The van der Waals surface area contributed by atoms with Gasteiger partial charge < -0.3 is 9.47 Å². The van der Waals surface area contributed by atoms with Crippen molar-refractivity contribution in [2.24, 2.45) is 0 Å². The summed E-state index contributed by atoms with van der Waals surface area (Å²) in [6.07, 6.45) is 0. The Morgan fingerprint density at radius 3 is 2.44 bits per heavy atom. The van der Waals surface area contributed by atoms with Crippen molar-refractivity contribution < 1.29 is 14.4 Å². The Morgan fingerprint density at radius 2 is 1.94 bits per heavy atom. The van der Waals surface area contributed by atoms with Gasteiger partial charge in [0, 0.05) is 6.07 Å². The van der Waals surface area contributed by atoms with E-state index in [4.69, 9.17) is 21.1 Å². The van der Waals surface area contributed by atoms with Gasteiger partial charge >= 0.3 is 0 Å². The van der Waals surface area contributed by atoms with E-state index in [2.05, 4.69) is 0 Å². The highest BCUT2D eigenvalue weighted by molar-refractivity contribution is 6.32. The molecule has 0 aromatic heterocycles. The molecule has 0 aliphatic heterocycles. The molecule has 0 aliphatic rings. The third-order valence-electron chi connectivity index (χ3n) is 1.79. The van der Waals surface area contributed by atoms with Crippen molar-refractivity contribution in [3.05, 3.63) is 27.3 Å². The maximum atomic E-state index is 10.6. The van der Waals surface area contributed by atoms with E-state index in [9.17, 15) is 10.1 Å². The molecule has 1 aromatic carbocycles. The number of ether oxygens (including phenoxy) is 2. The lowest BCUT2D eigenvalue weighted by Crippen LogP contribution is -2.00. The number of non-ortho nitro benzene ring substituents is 1. The molecule has 0 spiro atoms. The number of nitro groups is 1. The number of benzene rings is 1. The third kappa shape index (κ3) is 2.76. The Labute approximate surface area is 98.1 Å². The minimum Gasteiger partial charge on any atom is -0.490 e. The first-order valence-electron chi connectivity index (χ1n) is 4.83. The van der Waals surface area contributed by atoms with Crippen LogP contribution >= 0.6 is 11.6 Å². The number of nitrogens with zero attached hydrogens (tertiary/aromatic N) is 1. The molecule has 1 aromatic rings. The molecule has 0 saturated heterocycles. The second-order valence-corrected chi connectivity index (χ2v) is 3.29. The minimum atomic E-state index is -0.524. The Bertz CT molecular complexity index is 395. The molecule has 0 atom stereocenters. The highest BCUT2D eigenvalue weighted by Gasteiger charge is 2.17. The van der Waals surface area contributed by atoms with Gasteiger partial charge in [-0.05, 0) is 13.8 Å². The predicted molar refractivity (Wildman–Crippen MR) is 60.4 cm³/mol. The van der Waals surface area contributed by atoms with E-state index in [0.29, 0.717) is 24.7 Å². The second-order valence-electron chi connectivity index (χ2n) is 2.88. The van der Waals surface area contributed by atoms with Gasteiger partial charge in [-0.25, -0.2) is 0 Å². The van der Waals surface area contributed by atoms with Crippen LogP contribution in [-0.4, -0.2) is 18.1 Å². The fourth-order valence-electron chi connectivity index (χ4n) is 1.21. The lowest BCUT2D eigenvalue weighted by Gasteiger charge is -2.11. The van der Waals surface area contributed by atoms with E-state index in [0.717, 1.165) is 0 Å². The maximum Gasteiger partial charge on any atom is 0.274 e. The van der Waals surface area contributed by atoms with Gasteiger partial charge in [0.05, 0.1) is 29.2 Å². The summed E-state index contributed by atoms with van der Waals surface area (Å²) in [4.78, 5) is 10.1. The summed E-state index contributed by atoms with van der Waals surface area (Å²) < 4.78 is 10.5. The Morgan fingerprint density at radius 1 is 1.31 bits per heavy atom. The Kier molecular flexibility index (Phi) is 4.37. The van der Waals surface area contributed by atoms with Crippen molar-refractivity contribution in [3.63, 3.8) is 0 Å². The van der Waals surface area contributed by atoms with Crippen LogP contribution in [0.15, 0.2) is 12.1 Å². The highest BCUT2D eigenvalue weighted by atomic mass is 35.5. The SMILES string of the molecule is CCOc1cc([N+](=O)[O-])cc(Cl)c1OCC. The van der Waals surface area contributed by atoms with Crippen LogP contribution in [0.1, 0.15) is 13.8 Å². The zero-order valence-electron chi connectivity index (χ0n) is 9.03. The van der Waals surface area contributed by atoms with E-state index in [1.807, 2.05) is 0 Å². The minimum absolute atomic E-state index is 0.114. The van der Waals surface area contributed by atoms with Gasteiger partial charge in [0.1, 0.15) is 0 Å². The van der Waals surface area contributed by atoms with Crippen molar-refractivity contribution in [2.45, 2.75) is 13.8 Å². The first-order chi connectivity index (χ1) is 7.60. The molecule has 0 aliphatic carbocycles. The molecule has 5 nitrogen and oxygen atoms in total. The molecular weight excluding hydrogens is 234 g/mol. The van der Waals surface area contributed by atoms with Gasteiger partial charge in [0.25, 0.3) is 5.69 Å². The molecule has 0 bridgehead atoms. The van der Waals surface area contributed by atoms with E-state index in [-0.39, 0.29) is 10.7 Å². The zero-order valence-corrected chi connectivity index (χ0v) is 9.78. The smallest absolute Gasteiger partial charge is 0.274 e. The molecule has 88 valence electrons. The zero-order chi connectivity index (χ0) is 12.1. The highest BCUT2D eigenvalue weighted by Crippen LogP contribution is 2.38. The quantitative estimate of drug-likeness (QED) is 0.591. The van der Waals surface area contributed by atoms with Gasteiger partial charge in [-0.2, -0.15) is 0 Å². The topological polar surface area (TPSA) is 61.6 Å². The van der Waals surface area contributed by atoms with Crippen LogP contribution in [0.2, 0.25) is 5.02 Å². The second kappa shape index (κ2) is 5.55. The molecule has 6 heteroatoms. The summed E-state index contributed by atoms with van der Waals surface area (Å²) in [6, 6.07) is 2.55. The van der Waals surface area contributed by atoms with Crippen molar-refractivity contribution in [1.82, 2.24) is 0 Å². The van der Waals surface area contributed by atoms with Gasteiger partial charge in [-0.3, -0.25) is 10.1 Å². The Balaban J connectivity index is 3.21. The van der Waals surface area contributed by atoms with Crippen LogP contribution in [0, 0.1) is 10.1 Å². The normalized spacial score (nSPS) is 9.94. The van der Waals surface area contributed by atoms with Crippen molar-refractivity contribution in [1.29, 1.82) is 0 Å². The van der Waals surface area contributed by atoms with Gasteiger partial charge in [0.15, 0.2) is 11.5 Å². The third-order valence-corrected chi connectivity index (χ3v) is 2.07. The molecule has 0 radical (unpaired) electrons. The average Bonchev–Trinajstić information content (AvgIpc) is 2.23. The van der Waals surface area contributed by atoms with Crippen molar-refractivity contribution >= 4 is 17.3 Å². The molecule has 0 amide bonds. The van der Waals surface area contributed by atoms with E-state index in [1.54, 1.807) is 13.8 Å². The van der Waals surface area contributed by atoms with Gasteiger partial charge in [-0.15, -0.1) is 0 Å². The van der Waals surface area contributed by atoms with Crippen molar-refractivity contribution in [3.8, 4) is 11.5 Å². The van der Waals surface area contributed by atoms with Crippen LogP contribution in [0.5, 0.6) is 11.5 Å². The summed E-state index contributed by atoms with van der Waals surface area (Å²) >= 11 is 5.88. The Hall–Kier alpha value is -1.49. The molecule has 16 heavy (non-hydrogen) atoms. The monoisotopic (exact) mass is 245 g/mol. The first-order valence-corrected chi connectivity index (χ1v) is 5.21. The molecule has 1 rings (SSSR count). The van der Waals surface area contributed by atoms with Gasteiger partial charge in [0.2, 0.25) is 0 Å². The summed E-state index contributed by atoms with van der Waals surface area (Å²) in [5.74, 6) is 0.639. The molecule has 0 saturated carbocycles. The predicted octanol–water partition coefficient (Wildman–Crippen LogP) is 3.05. The lowest BCUT2D eigenvalue weighted by atomic mass is 10.3. The van der Waals surface area contributed by atoms with Gasteiger partial charge in [-0.1, -0.05) is 11.6 Å². The summed E-state index contributed by atoms with van der Waals surface area (Å²) in [5, 5.41) is 10.8. The van der Waals surface area contributed by atoms with Crippen LogP contribution < -0.4 is 9.47 Å². The van der Waals surface area contributed by atoms with E-state index < -0.39 is 4.92 Å². The van der Waals surface area contributed by atoms with Crippen LogP contribution in [-0.2, 0) is 0 Å². The fourth-order valence-corrected chi connectivity index (χ4v) is 1.47. The number of hydrogen-bond donors (Lipinski definition) is 0. The average molecular weight is 246 g/mol. The van der Waals surface area contributed by atoms with Crippen LogP contribution in [0.25, 0.3) is 0 Å². The molecule has 0 heterocycles. The number of nitro benzene ring substituents is 1. The van der Waals surface area contributed by atoms with Crippen LogP contribution in [0.3, 0.4) is 0 Å². The lowest BCUT2D eigenvalue weighted by molar-refractivity contribution is -0.384. The van der Waals surface area contributed by atoms with E-state index in [1.165, 1.54) is 12.1 Å². The molecular formula is C10H12ClNO4. The maximum absolute atomic E-state index is 10.6. The molecule has 0 N–H and O–H groups in total. The standard InChI is InChI=1S/C10H12ClNO4/c1-3-15-9-6-7(12(13)14)5-8(11)10(9)16-4-2/h5-6H,3-4H2,1-2H3. The number of rotatable bonds is 5. The molecule has 0 unspecified atom stereocenters.